The van der Waals surface area contributed by atoms with Crippen LogP contribution >= 0.6 is 11.8 Å². The number of nitrogens with zero attached hydrogens (tertiary/aromatic N) is 4. The van der Waals surface area contributed by atoms with Gasteiger partial charge >= 0.3 is 0 Å². The van der Waals surface area contributed by atoms with Crippen LogP contribution in [0.1, 0.15) is 35.4 Å². The molecule has 1 fully saturated rings. The van der Waals surface area contributed by atoms with Crippen LogP contribution in [0.15, 0.2) is 53.7 Å². The summed E-state index contributed by atoms with van der Waals surface area (Å²) in [6, 6.07) is 15.9. The van der Waals surface area contributed by atoms with Gasteiger partial charge in [0.2, 0.25) is 0 Å². The number of hydrogen-bond donors (Lipinski definition) is 1. The van der Waals surface area contributed by atoms with Crippen molar-refractivity contribution in [1.82, 2.24) is 19.7 Å². The van der Waals surface area contributed by atoms with Crippen LogP contribution in [0.5, 0.6) is 5.75 Å². The lowest BCUT2D eigenvalue weighted by molar-refractivity contribution is 0.0934. The predicted molar refractivity (Wildman–Crippen MR) is 123 cm³/mol. The summed E-state index contributed by atoms with van der Waals surface area (Å²) in [5.41, 5.74) is 3.52. The van der Waals surface area contributed by atoms with E-state index in [0.29, 0.717) is 18.8 Å². The number of aromatic hydroxyl groups is 1. The van der Waals surface area contributed by atoms with Crippen molar-refractivity contribution in [2.24, 2.45) is 0 Å². The van der Waals surface area contributed by atoms with E-state index in [1.165, 1.54) is 11.1 Å². The molecule has 31 heavy (non-hydrogen) atoms. The fraction of sp³-hybridized carbons (Fsp3) is 0.417. The van der Waals surface area contributed by atoms with E-state index in [1.807, 2.05) is 25.2 Å². The molecule has 2 heterocycles. The number of aromatic nitrogens is 3. The Balaban J connectivity index is 1.49. The van der Waals surface area contributed by atoms with Gasteiger partial charge in [0.25, 0.3) is 0 Å². The van der Waals surface area contributed by atoms with Crippen molar-refractivity contribution in [1.29, 1.82) is 0 Å². The standard InChI is InChI=1S/C24H30N4O2S/c1-18-8-3-4-10-20(18)17-31-24-26-25-23(28(24)15-21-11-7-13-30-21)16-27(2)14-19-9-5-6-12-22(19)29/h3-6,8-10,12,21,29H,7,11,13-17H2,1-2H3/t21-/m1/s1. The largest absolute Gasteiger partial charge is 0.508 e. The van der Waals surface area contributed by atoms with E-state index in [-0.39, 0.29) is 6.10 Å². The Morgan fingerprint density at radius 3 is 2.61 bits per heavy atom. The maximum Gasteiger partial charge on any atom is 0.191 e. The van der Waals surface area contributed by atoms with E-state index in [2.05, 4.69) is 50.9 Å². The highest BCUT2D eigenvalue weighted by Crippen LogP contribution is 2.26. The van der Waals surface area contributed by atoms with E-state index in [0.717, 1.165) is 48.3 Å². The third-order valence-corrected chi connectivity index (χ3v) is 6.68. The molecule has 0 aliphatic carbocycles. The molecular formula is C24H30N4O2S. The normalized spacial score (nSPS) is 16.3. The molecule has 0 amide bonds. The van der Waals surface area contributed by atoms with Crippen LogP contribution in [0, 0.1) is 6.92 Å². The smallest absolute Gasteiger partial charge is 0.191 e. The van der Waals surface area contributed by atoms with Crippen molar-refractivity contribution in [2.45, 2.75) is 56.4 Å². The van der Waals surface area contributed by atoms with Crippen molar-refractivity contribution in [2.75, 3.05) is 13.7 Å². The molecule has 1 aliphatic rings. The summed E-state index contributed by atoms with van der Waals surface area (Å²) < 4.78 is 8.12. The second-order valence-corrected chi connectivity index (χ2v) is 9.10. The van der Waals surface area contributed by atoms with Crippen molar-refractivity contribution in [3.05, 3.63) is 71.0 Å². The number of rotatable bonds is 9. The van der Waals surface area contributed by atoms with Gasteiger partial charge < -0.3 is 14.4 Å². The molecule has 1 N–H and O–H groups in total. The molecule has 1 saturated heterocycles. The number of aryl methyl sites for hydroxylation is 1. The number of benzene rings is 2. The second-order valence-electron chi connectivity index (χ2n) is 8.16. The Morgan fingerprint density at radius 1 is 1.10 bits per heavy atom. The summed E-state index contributed by atoms with van der Waals surface area (Å²) in [7, 11) is 2.04. The molecule has 7 heteroatoms. The Bertz CT molecular complexity index is 1000. The second kappa shape index (κ2) is 10.3. The first kappa shape index (κ1) is 21.9. The third kappa shape index (κ3) is 5.67. The topological polar surface area (TPSA) is 63.4 Å². The maximum absolute atomic E-state index is 10.1. The fourth-order valence-electron chi connectivity index (χ4n) is 3.87. The first-order chi connectivity index (χ1) is 15.1. The number of hydrogen-bond acceptors (Lipinski definition) is 6. The highest BCUT2D eigenvalue weighted by molar-refractivity contribution is 7.98. The zero-order valence-electron chi connectivity index (χ0n) is 18.2. The van der Waals surface area contributed by atoms with Gasteiger partial charge in [-0.1, -0.05) is 54.2 Å². The van der Waals surface area contributed by atoms with E-state index < -0.39 is 0 Å². The molecule has 0 radical (unpaired) electrons. The molecule has 4 rings (SSSR count). The van der Waals surface area contributed by atoms with Crippen molar-refractivity contribution in [3.8, 4) is 5.75 Å². The number of thioether (sulfide) groups is 1. The lowest BCUT2D eigenvalue weighted by Crippen LogP contribution is -2.23. The molecule has 1 aliphatic heterocycles. The molecule has 3 aromatic rings. The van der Waals surface area contributed by atoms with Crippen LogP contribution in [0.3, 0.4) is 0 Å². The van der Waals surface area contributed by atoms with Crippen LogP contribution < -0.4 is 0 Å². The zero-order chi connectivity index (χ0) is 21.6. The molecular weight excluding hydrogens is 408 g/mol. The number of para-hydroxylation sites is 1. The van der Waals surface area contributed by atoms with Crippen molar-refractivity contribution >= 4 is 11.8 Å². The zero-order valence-corrected chi connectivity index (χ0v) is 19.0. The Morgan fingerprint density at radius 2 is 1.87 bits per heavy atom. The average Bonchev–Trinajstić information content (AvgIpc) is 3.40. The SMILES string of the molecule is Cc1ccccc1CSc1nnc(CN(C)Cc2ccccc2O)n1C[C@H]1CCCO1. The summed E-state index contributed by atoms with van der Waals surface area (Å²) in [6.07, 6.45) is 2.41. The quantitative estimate of drug-likeness (QED) is 0.500. The van der Waals surface area contributed by atoms with Crippen molar-refractivity contribution < 1.29 is 9.84 Å². The van der Waals surface area contributed by atoms with Crippen LogP contribution in [0.25, 0.3) is 0 Å². The van der Waals surface area contributed by atoms with Gasteiger partial charge in [0.1, 0.15) is 11.6 Å². The Hall–Kier alpha value is -2.35. The van der Waals surface area contributed by atoms with E-state index in [9.17, 15) is 5.11 Å². The van der Waals surface area contributed by atoms with Gasteiger partial charge in [0, 0.05) is 24.5 Å². The first-order valence-corrected chi connectivity index (χ1v) is 11.7. The third-order valence-electron chi connectivity index (χ3n) is 5.66. The van der Waals surface area contributed by atoms with E-state index in [4.69, 9.17) is 4.74 Å². The fourth-order valence-corrected chi connectivity index (χ4v) is 4.91. The molecule has 0 unspecified atom stereocenters. The highest BCUT2D eigenvalue weighted by atomic mass is 32.2. The summed E-state index contributed by atoms with van der Waals surface area (Å²) in [5, 5.41) is 20.1. The minimum atomic E-state index is 0.219. The first-order valence-electron chi connectivity index (χ1n) is 10.8. The lowest BCUT2D eigenvalue weighted by atomic mass is 10.1. The van der Waals surface area contributed by atoms with Crippen LogP contribution in [-0.2, 0) is 30.1 Å². The molecule has 0 spiro atoms. The molecule has 164 valence electrons. The van der Waals surface area contributed by atoms with Gasteiger partial charge in [0.15, 0.2) is 5.16 Å². The molecule has 1 aromatic heterocycles. The van der Waals surface area contributed by atoms with Gasteiger partial charge in [-0.25, -0.2) is 0 Å². The minimum Gasteiger partial charge on any atom is -0.508 e. The number of ether oxygens (including phenoxy) is 1. The van der Waals surface area contributed by atoms with Gasteiger partial charge in [-0.2, -0.15) is 0 Å². The molecule has 0 saturated carbocycles. The molecule has 1 atom stereocenters. The average molecular weight is 439 g/mol. The van der Waals surface area contributed by atoms with Gasteiger partial charge in [0.05, 0.1) is 19.2 Å². The van der Waals surface area contributed by atoms with E-state index in [1.54, 1.807) is 17.8 Å². The van der Waals surface area contributed by atoms with Gasteiger partial charge in [-0.3, -0.25) is 4.90 Å². The van der Waals surface area contributed by atoms with E-state index >= 15 is 0 Å². The van der Waals surface area contributed by atoms with Crippen LogP contribution in [0.4, 0.5) is 0 Å². The van der Waals surface area contributed by atoms with Crippen molar-refractivity contribution in [3.63, 3.8) is 0 Å². The van der Waals surface area contributed by atoms with Crippen LogP contribution in [0.2, 0.25) is 0 Å². The molecule has 6 nitrogen and oxygen atoms in total. The number of phenolic OH excluding ortho intramolecular Hbond substituents is 1. The van der Waals surface area contributed by atoms with Gasteiger partial charge in [-0.05, 0) is 44.0 Å². The maximum atomic E-state index is 10.1. The highest BCUT2D eigenvalue weighted by Gasteiger charge is 2.22. The molecule has 2 aromatic carbocycles. The Labute approximate surface area is 188 Å². The van der Waals surface area contributed by atoms with Crippen LogP contribution in [-0.4, -0.2) is 44.5 Å². The predicted octanol–water partition coefficient (Wildman–Crippen LogP) is 4.40. The molecule has 0 bridgehead atoms. The summed E-state index contributed by atoms with van der Waals surface area (Å²) >= 11 is 1.73. The minimum absolute atomic E-state index is 0.219. The van der Waals surface area contributed by atoms with Gasteiger partial charge in [-0.15, -0.1) is 10.2 Å². The Kier molecular flexibility index (Phi) is 7.27. The summed E-state index contributed by atoms with van der Waals surface area (Å²) in [5.74, 6) is 2.12. The summed E-state index contributed by atoms with van der Waals surface area (Å²) in [4.78, 5) is 2.15. The lowest BCUT2D eigenvalue weighted by Gasteiger charge is -2.19. The summed E-state index contributed by atoms with van der Waals surface area (Å²) in [6.45, 7) is 5.06. The monoisotopic (exact) mass is 438 g/mol. The number of phenols is 1.